The van der Waals surface area contributed by atoms with E-state index in [2.05, 4.69) is 23.7 Å². The molecule has 0 radical (unpaired) electrons. The second kappa shape index (κ2) is 8.14. The monoisotopic (exact) mass is 436 g/mol. The summed E-state index contributed by atoms with van der Waals surface area (Å²) in [6.07, 6.45) is 6.20. The molecule has 32 heavy (non-hydrogen) atoms. The topological polar surface area (TPSA) is 39.7 Å². The third kappa shape index (κ3) is 3.90. The van der Waals surface area contributed by atoms with Crippen LogP contribution in [0.25, 0.3) is 0 Å². The number of hydrogen-bond acceptors (Lipinski definition) is 3. The normalized spacial score (nSPS) is 22.2. The van der Waals surface area contributed by atoms with Gasteiger partial charge in [-0.1, -0.05) is 32.0 Å². The van der Waals surface area contributed by atoms with Crippen LogP contribution in [0.2, 0.25) is 0 Å². The van der Waals surface area contributed by atoms with Crippen LogP contribution in [0, 0.1) is 11.2 Å². The molecule has 2 aromatic rings. The van der Waals surface area contributed by atoms with Crippen molar-refractivity contribution in [2.45, 2.75) is 51.5 Å². The number of carbonyl (C=O) groups excluding carboxylic acids is 1. The van der Waals surface area contributed by atoms with E-state index in [1.807, 2.05) is 40.3 Å². The Morgan fingerprint density at radius 2 is 1.69 bits per heavy atom. The van der Waals surface area contributed by atoms with Gasteiger partial charge in [-0.15, -0.1) is 0 Å². The molecule has 4 heterocycles. The van der Waals surface area contributed by atoms with E-state index in [9.17, 15) is 9.18 Å². The molecular weight excluding hydrogens is 403 g/mol. The summed E-state index contributed by atoms with van der Waals surface area (Å²) in [6, 6.07) is 11.1. The molecule has 3 aliphatic rings. The van der Waals surface area contributed by atoms with Crippen molar-refractivity contribution in [3.8, 4) is 0 Å². The summed E-state index contributed by atoms with van der Waals surface area (Å²) in [5.74, 6) is -0.110. The number of pyridine rings is 1. The fourth-order valence-corrected chi connectivity index (χ4v) is 5.76. The van der Waals surface area contributed by atoms with Crippen molar-refractivity contribution in [1.82, 2.24) is 14.8 Å². The van der Waals surface area contributed by atoms with Crippen LogP contribution < -0.4 is 4.90 Å². The molecule has 2 fully saturated rings. The molecule has 0 bridgehead atoms. The van der Waals surface area contributed by atoms with Gasteiger partial charge in [0.05, 0.1) is 11.4 Å². The molecule has 1 aromatic carbocycles. The molecule has 0 saturated carbocycles. The van der Waals surface area contributed by atoms with Crippen LogP contribution >= 0.6 is 0 Å². The number of anilines is 1. The Hall–Kier alpha value is -2.47. The molecule has 1 aromatic heterocycles. The Balaban J connectivity index is 1.17. The first-order valence-electron chi connectivity index (χ1n) is 11.8. The average molecular weight is 437 g/mol. The number of piperidine rings is 2. The van der Waals surface area contributed by atoms with Gasteiger partial charge in [0.1, 0.15) is 5.82 Å². The summed E-state index contributed by atoms with van der Waals surface area (Å²) >= 11 is 0. The van der Waals surface area contributed by atoms with Gasteiger partial charge in [-0.05, 0) is 62.4 Å². The van der Waals surface area contributed by atoms with Crippen molar-refractivity contribution in [3.05, 3.63) is 59.7 Å². The van der Waals surface area contributed by atoms with Crippen molar-refractivity contribution >= 4 is 11.7 Å². The van der Waals surface area contributed by atoms with Gasteiger partial charge in [0.25, 0.3) is 0 Å². The highest BCUT2D eigenvalue weighted by molar-refractivity contribution is 5.94. The molecule has 0 N–H and O–H groups in total. The zero-order valence-corrected chi connectivity index (χ0v) is 19.2. The van der Waals surface area contributed by atoms with Gasteiger partial charge >= 0.3 is 6.03 Å². The number of rotatable bonds is 2. The smallest absolute Gasteiger partial charge is 0.324 e. The lowest BCUT2D eigenvalue weighted by molar-refractivity contribution is 0.0430. The lowest BCUT2D eigenvalue weighted by atomic mass is 9.71. The van der Waals surface area contributed by atoms with Crippen LogP contribution in [0.15, 0.2) is 42.6 Å². The van der Waals surface area contributed by atoms with Crippen LogP contribution in [0.1, 0.15) is 50.8 Å². The molecule has 0 unspecified atom stereocenters. The largest absolute Gasteiger partial charge is 0.324 e. The first-order chi connectivity index (χ1) is 15.4. The number of amides is 2. The van der Waals surface area contributed by atoms with Crippen LogP contribution in [0.4, 0.5) is 14.9 Å². The molecule has 0 atom stereocenters. The Kier molecular flexibility index (Phi) is 5.44. The van der Waals surface area contributed by atoms with Crippen molar-refractivity contribution < 1.29 is 9.18 Å². The van der Waals surface area contributed by atoms with Crippen molar-refractivity contribution in [2.75, 3.05) is 37.6 Å². The van der Waals surface area contributed by atoms with E-state index < -0.39 is 0 Å². The van der Waals surface area contributed by atoms with E-state index in [0.717, 1.165) is 68.8 Å². The number of fused-ring (bicyclic) bond motifs is 1. The van der Waals surface area contributed by atoms with Crippen molar-refractivity contribution in [2.24, 2.45) is 5.41 Å². The van der Waals surface area contributed by atoms with Crippen LogP contribution in [-0.4, -0.2) is 53.5 Å². The van der Waals surface area contributed by atoms with Gasteiger partial charge in [-0.25, -0.2) is 9.18 Å². The SMILES string of the molecule is CC1(C)CN(C(=O)N2CCC3(CCN(Cc4ccccc4F)CC3)CC2)c2cccnc21. The minimum atomic E-state index is -0.117. The standard InChI is InChI=1S/C26H33FN4O/c1-25(2)19-31(22-8-5-13-28-23(22)25)24(32)30-16-11-26(12-17-30)9-14-29(15-10-26)18-20-6-3-4-7-21(20)27/h3-8,13H,9-12,14-19H2,1-2H3. The van der Waals surface area contributed by atoms with E-state index in [-0.39, 0.29) is 17.3 Å². The number of carbonyl (C=O) groups is 1. The van der Waals surface area contributed by atoms with Crippen LogP contribution in [0.3, 0.4) is 0 Å². The molecule has 0 aliphatic carbocycles. The van der Waals surface area contributed by atoms with E-state index in [4.69, 9.17) is 0 Å². The second-order valence-corrected chi connectivity index (χ2v) is 10.5. The summed E-state index contributed by atoms with van der Waals surface area (Å²) in [7, 11) is 0. The summed E-state index contributed by atoms with van der Waals surface area (Å²) in [4.78, 5) is 24.3. The summed E-state index contributed by atoms with van der Waals surface area (Å²) in [5.41, 5.74) is 2.97. The lowest BCUT2D eigenvalue weighted by Gasteiger charge is -2.47. The van der Waals surface area contributed by atoms with Gasteiger partial charge < -0.3 is 4.90 Å². The van der Waals surface area contributed by atoms with Gasteiger partial charge in [0.15, 0.2) is 0 Å². The molecule has 3 aliphatic heterocycles. The number of benzene rings is 1. The lowest BCUT2D eigenvalue weighted by Crippen LogP contribution is -2.51. The molecule has 5 rings (SSSR count). The number of aromatic nitrogens is 1. The first kappa shape index (κ1) is 21.4. The highest BCUT2D eigenvalue weighted by Gasteiger charge is 2.43. The predicted molar refractivity (Wildman–Crippen MR) is 124 cm³/mol. The molecule has 1 spiro atoms. The number of likely N-dealkylation sites (tertiary alicyclic amines) is 2. The van der Waals surface area contributed by atoms with Gasteiger partial charge in [-0.2, -0.15) is 0 Å². The number of hydrogen-bond donors (Lipinski definition) is 0. The summed E-state index contributed by atoms with van der Waals surface area (Å²) < 4.78 is 14.0. The quantitative estimate of drug-likeness (QED) is 0.678. The third-order valence-corrected chi connectivity index (χ3v) is 7.87. The second-order valence-electron chi connectivity index (χ2n) is 10.5. The minimum absolute atomic E-state index is 0.110. The van der Waals surface area contributed by atoms with E-state index in [1.54, 1.807) is 12.1 Å². The zero-order valence-electron chi connectivity index (χ0n) is 19.2. The number of urea groups is 1. The molecule has 2 amide bonds. The fraction of sp³-hybridized carbons (Fsp3) is 0.538. The molecule has 170 valence electrons. The van der Waals surface area contributed by atoms with Gasteiger partial charge in [0, 0.05) is 43.4 Å². The Morgan fingerprint density at radius 3 is 2.41 bits per heavy atom. The first-order valence-corrected chi connectivity index (χ1v) is 11.8. The maximum atomic E-state index is 14.0. The number of halogens is 1. The molecular formula is C26H33FN4O. The van der Waals surface area contributed by atoms with Crippen molar-refractivity contribution in [1.29, 1.82) is 0 Å². The van der Waals surface area contributed by atoms with Gasteiger partial charge in [-0.3, -0.25) is 14.8 Å². The fourth-order valence-electron chi connectivity index (χ4n) is 5.76. The van der Waals surface area contributed by atoms with E-state index in [0.29, 0.717) is 18.5 Å². The highest BCUT2D eigenvalue weighted by Crippen LogP contribution is 2.43. The average Bonchev–Trinajstić information content (AvgIpc) is 3.08. The van der Waals surface area contributed by atoms with Crippen LogP contribution in [0.5, 0.6) is 0 Å². The number of nitrogens with zero attached hydrogens (tertiary/aromatic N) is 4. The highest BCUT2D eigenvalue weighted by atomic mass is 19.1. The summed E-state index contributed by atoms with van der Waals surface area (Å²) in [6.45, 7) is 9.33. The zero-order chi connectivity index (χ0) is 22.3. The third-order valence-electron chi connectivity index (χ3n) is 7.87. The maximum absolute atomic E-state index is 14.0. The summed E-state index contributed by atoms with van der Waals surface area (Å²) in [5, 5.41) is 0. The predicted octanol–water partition coefficient (Wildman–Crippen LogP) is 4.82. The Bertz CT molecular complexity index is 989. The van der Waals surface area contributed by atoms with Crippen LogP contribution in [-0.2, 0) is 12.0 Å². The molecule has 5 nitrogen and oxygen atoms in total. The van der Waals surface area contributed by atoms with Crippen molar-refractivity contribution in [3.63, 3.8) is 0 Å². The molecule has 6 heteroatoms. The van der Waals surface area contributed by atoms with E-state index >= 15 is 0 Å². The Labute approximate surface area is 190 Å². The Morgan fingerprint density at radius 1 is 1.00 bits per heavy atom. The van der Waals surface area contributed by atoms with E-state index in [1.165, 1.54) is 0 Å². The minimum Gasteiger partial charge on any atom is -0.324 e. The van der Waals surface area contributed by atoms with Gasteiger partial charge in [0.2, 0.25) is 0 Å². The molecule has 2 saturated heterocycles. The maximum Gasteiger partial charge on any atom is 0.324 e.